The van der Waals surface area contributed by atoms with Gasteiger partial charge in [0.25, 0.3) is 0 Å². The van der Waals surface area contributed by atoms with E-state index in [9.17, 15) is 0 Å². The smallest absolute Gasteiger partial charge is 0.0158 e. The number of nitrogens with zero attached hydrogens (tertiary/aromatic N) is 1. The Morgan fingerprint density at radius 1 is 0.659 bits per heavy atom. The molecular weight excluding hydrogens is 530 g/mol. The molecule has 262 valence electrons. The lowest BCUT2D eigenvalue weighted by atomic mass is 9.58. The first-order valence-electron chi connectivity index (χ1n) is 21.0. The molecule has 2 rings (SSSR count). The summed E-state index contributed by atoms with van der Waals surface area (Å²) in [6.07, 6.45) is 32.9. The third-order valence-corrected chi connectivity index (χ3v) is 13.7. The van der Waals surface area contributed by atoms with Crippen LogP contribution in [-0.4, -0.2) is 23.0 Å². The molecule has 0 saturated heterocycles. The minimum atomic E-state index is 0.595. The van der Waals surface area contributed by atoms with Crippen LogP contribution in [0, 0.1) is 40.9 Å². The molecule has 9 unspecified atom stereocenters. The van der Waals surface area contributed by atoms with E-state index in [0.29, 0.717) is 5.41 Å². The van der Waals surface area contributed by atoms with Crippen LogP contribution in [0.2, 0.25) is 0 Å². The molecule has 0 heterocycles. The molecule has 0 N–H and O–H groups in total. The highest BCUT2D eigenvalue weighted by Gasteiger charge is 2.46. The highest BCUT2D eigenvalue weighted by molar-refractivity contribution is 4.99. The highest BCUT2D eigenvalue weighted by Crippen LogP contribution is 2.52. The fraction of sp³-hybridized carbons (Fsp3) is 1.00. The van der Waals surface area contributed by atoms with Gasteiger partial charge in [0.2, 0.25) is 0 Å². The molecule has 0 aromatic carbocycles. The fourth-order valence-corrected chi connectivity index (χ4v) is 10.8. The van der Waals surface area contributed by atoms with Crippen LogP contribution in [0.1, 0.15) is 217 Å². The lowest BCUT2D eigenvalue weighted by Gasteiger charge is -2.55. The van der Waals surface area contributed by atoms with Crippen LogP contribution in [0.25, 0.3) is 0 Å². The molecule has 0 aromatic rings. The molecule has 44 heavy (non-hydrogen) atoms. The maximum absolute atomic E-state index is 3.37. The Hall–Kier alpha value is -0.0400. The second kappa shape index (κ2) is 21.8. The zero-order valence-corrected chi connectivity index (χ0v) is 32.4. The Labute approximate surface area is 280 Å². The zero-order valence-electron chi connectivity index (χ0n) is 32.4. The van der Waals surface area contributed by atoms with Gasteiger partial charge in [-0.1, -0.05) is 172 Å². The van der Waals surface area contributed by atoms with Gasteiger partial charge in [-0.05, 0) is 85.9 Å². The van der Waals surface area contributed by atoms with Crippen LogP contribution in [0.15, 0.2) is 0 Å². The fourth-order valence-electron chi connectivity index (χ4n) is 10.8. The maximum Gasteiger partial charge on any atom is 0.0158 e. The number of hydrogen-bond acceptors (Lipinski definition) is 1. The Morgan fingerprint density at radius 3 is 1.91 bits per heavy atom. The molecule has 0 aromatic heterocycles. The van der Waals surface area contributed by atoms with Crippen molar-refractivity contribution in [2.75, 3.05) is 0 Å². The molecule has 2 aliphatic carbocycles. The average Bonchev–Trinajstić information content (AvgIpc) is 3.04. The summed E-state index contributed by atoms with van der Waals surface area (Å²) in [6, 6.07) is 2.31. The topological polar surface area (TPSA) is 3.24 Å². The van der Waals surface area contributed by atoms with Crippen molar-refractivity contribution >= 4 is 0 Å². The van der Waals surface area contributed by atoms with Crippen LogP contribution in [0.5, 0.6) is 0 Å². The lowest BCUT2D eigenvalue weighted by Crippen LogP contribution is -2.59. The van der Waals surface area contributed by atoms with Gasteiger partial charge in [0.1, 0.15) is 0 Å². The number of unbranched alkanes of at least 4 members (excludes halogenated alkanes) is 4. The summed E-state index contributed by atoms with van der Waals surface area (Å²) in [7, 11) is 0. The van der Waals surface area contributed by atoms with Gasteiger partial charge in [0.15, 0.2) is 0 Å². The average molecular weight is 616 g/mol. The van der Waals surface area contributed by atoms with E-state index in [1.807, 2.05) is 0 Å². The molecule has 2 aliphatic rings. The second-order valence-electron chi connectivity index (χ2n) is 16.7. The molecule has 0 spiro atoms. The summed E-state index contributed by atoms with van der Waals surface area (Å²) >= 11 is 0. The van der Waals surface area contributed by atoms with E-state index in [2.05, 4.69) is 74.1 Å². The Kier molecular flexibility index (Phi) is 19.8. The predicted octanol–water partition coefficient (Wildman–Crippen LogP) is 14.3. The Balaban J connectivity index is 2.57. The van der Waals surface area contributed by atoms with Crippen LogP contribution in [0.4, 0.5) is 0 Å². The highest BCUT2D eigenvalue weighted by atomic mass is 15.2. The minimum absolute atomic E-state index is 0.595. The van der Waals surface area contributed by atoms with Gasteiger partial charge >= 0.3 is 0 Å². The third kappa shape index (κ3) is 11.3. The van der Waals surface area contributed by atoms with Gasteiger partial charge in [-0.15, -0.1) is 0 Å². The third-order valence-electron chi connectivity index (χ3n) is 13.7. The minimum Gasteiger partial charge on any atom is -0.294 e. The van der Waals surface area contributed by atoms with Gasteiger partial charge in [-0.3, -0.25) is 4.90 Å². The molecule has 0 bridgehead atoms. The molecular formula is C43H85N. The van der Waals surface area contributed by atoms with Crippen molar-refractivity contribution in [1.82, 2.24) is 4.90 Å². The van der Waals surface area contributed by atoms with Crippen molar-refractivity contribution in [1.29, 1.82) is 0 Å². The summed E-state index contributed by atoms with van der Waals surface area (Å²) in [5.41, 5.74) is 0.595. The van der Waals surface area contributed by atoms with Crippen molar-refractivity contribution < 1.29 is 0 Å². The van der Waals surface area contributed by atoms with Crippen molar-refractivity contribution in [3.05, 3.63) is 0 Å². The van der Waals surface area contributed by atoms with Crippen LogP contribution in [0.3, 0.4) is 0 Å². The Morgan fingerprint density at radius 2 is 1.32 bits per heavy atom. The van der Waals surface area contributed by atoms with Crippen molar-refractivity contribution in [2.45, 2.75) is 235 Å². The largest absolute Gasteiger partial charge is 0.294 e. The van der Waals surface area contributed by atoms with Gasteiger partial charge < -0.3 is 0 Å². The summed E-state index contributed by atoms with van der Waals surface area (Å²) in [5, 5.41) is 0. The molecule has 0 amide bonds. The van der Waals surface area contributed by atoms with Gasteiger partial charge in [0.05, 0.1) is 0 Å². The van der Waals surface area contributed by atoms with E-state index in [1.165, 1.54) is 148 Å². The molecule has 0 radical (unpaired) electrons. The molecule has 10 atom stereocenters. The summed E-state index contributed by atoms with van der Waals surface area (Å²) in [6.45, 7) is 25.4. The van der Waals surface area contributed by atoms with E-state index in [-0.39, 0.29) is 0 Å². The van der Waals surface area contributed by atoms with Crippen LogP contribution in [-0.2, 0) is 0 Å². The summed E-state index contributed by atoms with van der Waals surface area (Å²) in [4.78, 5) is 3.37. The first kappa shape index (κ1) is 40.1. The molecule has 2 fully saturated rings. The Bertz CT molecular complexity index is 701. The van der Waals surface area contributed by atoms with E-state index in [1.54, 1.807) is 0 Å². The number of hydrogen-bond donors (Lipinski definition) is 0. The van der Waals surface area contributed by atoms with Crippen LogP contribution >= 0.6 is 0 Å². The van der Waals surface area contributed by atoms with Crippen molar-refractivity contribution in [3.63, 3.8) is 0 Å². The first-order valence-corrected chi connectivity index (χ1v) is 21.0. The van der Waals surface area contributed by atoms with E-state index >= 15 is 0 Å². The SMILES string of the molecule is CCCCCC1(C)CCCCC1C1CCCC(N(C(C(CC)CCCC)C(C)C(CC)CCCC)C(CCC)[C@H](C)CC)C1. The van der Waals surface area contributed by atoms with E-state index in [0.717, 1.165) is 53.6 Å². The maximum atomic E-state index is 3.37. The molecule has 1 nitrogen and oxygen atoms in total. The van der Waals surface area contributed by atoms with Crippen molar-refractivity contribution in [3.8, 4) is 0 Å². The predicted molar refractivity (Wildman–Crippen MR) is 200 cm³/mol. The monoisotopic (exact) mass is 616 g/mol. The second-order valence-corrected chi connectivity index (χ2v) is 16.7. The zero-order chi connectivity index (χ0) is 32.5. The molecule has 2 saturated carbocycles. The summed E-state index contributed by atoms with van der Waals surface area (Å²) < 4.78 is 0. The van der Waals surface area contributed by atoms with Crippen LogP contribution < -0.4 is 0 Å². The molecule has 0 aliphatic heterocycles. The normalized spacial score (nSPS) is 28.8. The quantitative estimate of drug-likeness (QED) is 0.103. The van der Waals surface area contributed by atoms with E-state index in [4.69, 9.17) is 0 Å². The summed E-state index contributed by atoms with van der Waals surface area (Å²) in [5.74, 6) is 5.23. The molecule has 1 heteroatoms. The van der Waals surface area contributed by atoms with Gasteiger partial charge in [0, 0.05) is 18.1 Å². The van der Waals surface area contributed by atoms with Crippen molar-refractivity contribution in [2.24, 2.45) is 40.9 Å². The van der Waals surface area contributed by atoms with E-state index < -0.39 is 0 Å². The standard InChI is InChI=1S/C43H85N/c1-11-18-22-31-43(10)32-23-21-30-40(43)38-28-24-29-39(33-38)44(41(25-14-4)34(8)15-5)42(37(17-7)27-20-13-3)35(9)36(16-6)26-19-12-2/h34-42H,11-33H2,1-10H3/t34-,35?,36?,37?,38?,39?,40?,41?,42?,43?/m1/s1. The first-order chi connectivity index (χ1) is 21.3. The van der Waals surface area contributed by atoms with Gasteiger partial charge in [-0.2, -0.15) is 0 Å². The lowest BCUT2D eigenvalue weighted by molar-refractivity contribution is -0.0578. The van der Waals surface area contributed by atoms with Gasteiger partial charge in [-0.25, -0.2) is 0 Å². The number of rotatable bonds is 23.